The van der Waals surface area contributed by atoms with Crippen molar-refractivity contribution in [2.24, 2.45) is 0 Å². The number of hydrogen-bond donors (Lipinski definition) is 3. The van der Waals surface area contributed by atoms with Gasteiger partial charge in [-0.15, -0.1) is 0 Å². The van der Waals surface area contributed by atoms with E-state index in [4.69, 9.17) is 0 Å². The molecule has 0 aliphatic carbocycles. The van der Waals surface area contributed by atoms with Crippen molar-refractivity contribution in [1.82, 2.24) is 10.6 Å². The van der Waals surface area contributed by atoms with Gasteiger partial charge in [0.15, 0.2) is 4.32 Å². The topological polar surface area (TPSA) is 64.4 Å². The Labute approximate surface area is 166 Å². The number of carbonyl (C=O) groups is 1. The van der Waals surface area contributed by atoms with Crippen LogP contribution < -0.4 is 10.6 Å². The van der Waals surface area contributed by atoms with E-state index in [-0.39, 0.29) is 12.1 Å². The number of alkyl halides is 1. The Balaban J connectivity index is 1.55. The van der Waals surface area contributed by atoms with Crippen LogP contribution in [-0.4, -0.2) is 50.1 Å². The van der Waals surface area contributed by atoms with Crippen LogP contribution in [0.15, 0.2) is 0 Å². The molecule has 0 saturated carbocycles. The van der Waals surface area contributed by atoms with E-state index in [2.05, 4.69) is 38.1 Å². The summed E-state index contributed by atoms with van der Waals surface area (Å²) >= 11 is 3.59. The zero-order valence-corrected chi connectivity index (χ0v) is 17.9. The highest BCUT2D eigenvalue weighted by Crippen LogP contribution is 2.41. The minimum atomic E-state index is -0.905. The van der Waals surface area contributed by atoms with E-state index in [1.54, 1.807) is 0 Å². The smallest absolute Gasteiger partial charge is 0.346 e. The molecule has 1 saturated heterocycles. The van der Waals surface area contributed by atoms with Gasteiger partial charge in [-0.25, -0.2) is 0 Å². The van der Waals surface area contributed by atoms with Crippen LogP contribution in [0.1, 0.15) is 84.5 Å². The molecule has 3 N–H and O–H groups in total. The van der Waals surface area contributed by atoms with Gasteiger partial charge in [0.2, 0.25) is 0 Å². The second-order valence-electron chi connectivity index (χ2n) is 8.43. The molecule has 0 aromatic heterocycles. The number of hydrogen-bond acceptors (Lipinski definition) is 3. The molecule has 3 rings (SSSR count). The number of carboxylic acids is 1. The van der Waals surface area contributed by atoms with Gasteiger partial charge in [0.1, 0.15) is 12.1 Å². The molecule has 26 heavy (non-hydrogen) atoms. The Bertz CT molecular complexity index is 553. The number of carboxylic acid groups (broad SMARTS) is 1. The lowest BCUT2D eigenvalue weighted by Gasteiger charge is -2.42. The molecule has 0 bridgehead atoms. The van der Waals surface area contributed by atoms with Gasteiger partial charge in [-0.05, 0) is 26.2 Å². The molecule has 0 unspecified atom stereocenters. The van der Waals surface area contributed by atoms with Crippen molar-refractivity contribution in [1.29, 1.82) is 0 Å². The molecule has 5 atom stereocenters. The zero-order chi connectivity index (χ0) is 18.7. The van der Waals surface area contributed by atoms with Crippen LogP contribution in [0.2, 0.25) is 0 Å². The maximum Gasteiger partial charge on any atom is 0.346 e. The number of halogens is 1. The molecular weight excluding hydrogens is 394 g/mol. The van der Waals surface area contributed by atoms with Crippen LogP contribution in [0, 0.1) is 0 Å². The predicted molar refractivity (Wildman–Crippen MR) is 108 cm³/mol. The Morgan fingerprint density at radius 2 is 1.88 bits per heavy atom. The van der Waals surface area contributed by atoms with Gasteiger partial charge < -0.3 is 5.11 Å². The average molecular weight is 429 g/mol. The Morgan fingerprint density at radius 3 is 2.58 bits per heavy atom. The van der Waals surface area contributed by atoms with E-state index in [0.717, 1.165) is 25.2 Å². The molecule has 0 aromatic carbocycles. The summed E-state index contributed by atoms with van der Waals surface area (Å²) in [7, 11) is 0. The third-order valence-electron chi connectivity index (χ3n) is 6.61. The largest absolute Gasteiger partial charge is 0.480 e. The summed E-state index contributed by atoms with van der Waals surface area (Å²) in [4.78, 5) is 11.9. The van der Waals surface area contributed by atoms with Crippen molar-refractivity contribution in [2.45, 2.75) is 113 Å². The summed E-state index contributed by atoms with van der Waals surface area (Å²) in [5, 5.41) is 16.9. The number of nitrogens with zero attached hydrogens (tertiary/aromatic N) is 1. The fraction of sp³-hybridized carbons (Fsp3) is 0.900. The van der Waals surface area contributed by atoms with Crippen LogP contribution >= 0.6 is 15.9 Å². The minimum absolute atomic E-state index is 0.0308. The van der Waals surface area contributed by atoms with E-state index >= 15 is 0 Å². The molecule has 5 nitrogen and oxygen atoms in total. The molecular formula is C20H35BrN3O2+. The molecule has 0 spiro atoms. The van der Waals surface area contributed by atoms with Crippen LogP contribution in [-0.2, 0) is 4.79 Å². The quantitative estimate of drug-likeness (QED) is 0.298. The van der Waals surface area contributed by atoms with E-state index < -0.39 is 10.3 Å². The van der Waals surface area contributed by atoms with E-state index in [0.29, 0.717) is 12.1 Å². The van der Waals surface area contributed by atoms with Gasteiger partial charge in [-0.3, -0.25) is 20.0 Å². The van der Waals surface area contributed by atoms with Gasteiger partial charge in [-0.1, -0.05) is 67.8 Å². The first kappa shape index (κ1) is 20.0. The first-order valence-corrected chi connectivity index (χ1v) is 11.4. The summed E-state index contributed by atoms with van der Waals surface area (Å²) in [6.45, 7) is 4.24. The SMILES string of the molecule is CCCCCCCCC[C@@H]1C[C@@H]2CC[C@@H]3[N+]2=C(N1)N[C@H](C)[C@@]3(Br)C(=O)O. The van der Waals surface area contributed by atoms with Crippen LogP contribution in [0.25, 0.3) is 0 Å². The minimum Gasteiger partial charge on any atom is -0.480 e. The first-order chi connectivity index (χ1) is 12.5. The van der Waals surface area contributed by atoms with Crippen molar-refractivity contribution in [3.8, 4) is 0 Å². The van der Waals surface area contributed by atoms with Gasteiger partial charge in [0.05, 0.1) is 12.1 Å². The number of nitrogens with one attached hydrogen (secondary N) is 2. The van der Waals surface area contributed by atoms with E-state index in [1.807, 2.05) is 6.92 Å². The molecule has 0 radical (unpaired) electrons. The first-order valence-electron chi connectivity index (χ1n) is 10.6. The van der Waals surface area contributed by atoms with Crippen molar-refractivity contribution in [2.75, 3.05) is 0 Å². The molecule has 0 aromatic rings. The second kappa shape index (κ2) is 8.49. The lowest BCUT2D eigenvalue weighted by molar-refractivity contribution is -0.595. The van der Waals surface area contributed by atoms with Crippen molar-refractivity contribution >= 4 is 27.9 Å². The van der Waals surface area contributed by atoms with Crippen LogP contribution in [0.4, 0.5) is 0 Å². The highest BCUT2D eigenvalue weighted by molar-refractivity contribution is 9.10. The molecule has 3 heterocycles. The number of rotatable bonds is 9. The lowest BCUT2D eigenvalue weighted by atomic mass is 9.89. The summed E-state index contributed by atoms with van der Waals surface area (Å²) in [6.07, 6.45) is 13.8. The third-order valence-corrected chi connectivity index (χ3v) is 8.16. The Kier molecular flexibility index (Phi) is 6.52. The highest BCUT2D eigenvalue weighted by Gasteiger charge is 2.61. The molecule has 6 heteroatoms. The summed E-state index contributed by atoms with van der Waals surface area (Å²) in [5.41, 5.74) is 0. The predicted octanol–water partition coefficient (Wildman–Crippen LogP) is 3.60. The van der Waals surface area contributed by atoms with Gasteiger partial charge in [0, 0.05) is 6.42 Å². The van der Waals surface area contributed by atoms with Crippen LogP contribution in [0.3, 0.4) is 0 Å². The van der Waals surface area contributed by atoms with Crippen LogP contribution in [0.5, 0.6) is 0 Å². The zero-order valence-electron chi connectivity index (χ0n) is 16.3. The number of unbranched alkanes of at least 4 members (excludes halogenated alkanes) is 6. The van der Waals surface area contributed by atoms with Crippen molar-refractivity contribution in [3.63, 3.8) is 0 Å². The van der Waals surface area contributed by atoms with Gasteiger partial charge in [-0.2, -0.15) is 0 Å². The molecule has 148 valence electrons. The summed E-state index contributed by atoms with van der Waals surface area (Å²) in [5.74, 6) is 0.313. The Hall–Kier alpha value is -0.780. The van der Waals surface area contributed by atoms with E-state index in [9.17, 15) is 9.90 Å². The highest BCUT2D eigenvalue weighted by atomic mass is 79.9. The van der Waals surface area contributed by atoms with Gasteiger partial charge >= 0.3 is 11.9 Å². The maximum absolute atomic E-state index is 11.9. The molecule has 3 aliphatic heterocycles. The van der Waals surface area contributed by atoms with E-state index in [1.165, 1.54) is 51.4 Å². The maximum atomic E-state index is 11.9. The normalized spacial score (nSPS) is 35.7. The number of guanidine groups is 1. The Morgan fingerprint density at radius 1 is 1.19 bits per heavy atom. The number of aliphatic carboxylic acids is 1. The average Bonchev–Trinajstić information content (AvgIpc) is 3.04. The fourth-order valence-electron chi connectivity index (χ4n) is 5.10. The fourth-order valence-corrected chi connectivity index (χ4v) is 5.66. The molecule has 3 aliphatic rings. The lowest BCUT2D eigenvalue weighted by Crippen LogP contribution is -2.71. The van der Waals surface area contributed by atoms with Gasteiger partial charge in [0.25, 0.3) is 0 Å². The third kappa shape index (κ3) is 3.76. The monoisotopic (exact) mass is 428 g/mol. The molecule has 0 amide bonds. The summed E-state index contributed by atoms with van der Waals surface area (Å²) in [6, 6.07) is 0.887. The van der Waals surface area contributed by atoms with Crippen molar-refractivity contribution < 1.29 is 14.5 Å². The molecule has 1 fully saturated rings. The standard InChI is InChI=1S/C20H34BrN3O2/c1-3-4-5-6-7-8-9-10-15-13-16-11-12-17-20(21,18(25)26)14(2)22-19(23-15)24(16)17/h14-17H,3-13H2,1-2H3,(H2,22,23,25,26)/p+1/t14-,15-,16+,17+,20+/m1/s1. The summed E-state index contributed by atoms with van der Waals surface area (Å²) < 4.78 is 1.42. The second-order valence-corrected chi connectivity index (χ2v) is 9.74. The van der Waals surface area contributed by atoms with Crippen molar-refractivity contribution in [3.05, 3.63) is 0 Å².